The van der Waals surface area contributed by atoms with E-state index < -0.39 is 13.5 Å². The zero-order valence-corrected chi connectivity index (χ0v) is 11.7. The molecule has 1 aromatic heterocycles. The number of hydrogen-bond donors (Lipinski definition) is 0. The van der Waals surface area contributed by atoms with Gasteiger partial charge in [0.15, 0.2) is 0 Å². The predicted molar refractivity (Wildman–Crippen MR) is 67.6 cm³/mol. The van der Waals surface area contributed by atoms with Crippen molar-refractivity contribution in [2.45, 2.75) is 0 Å². The number of hydrogen-bond acceptors (Lipinski definition) is 1. The topological polar surface area (TPSA) is 12.9 Å². The second kappa shape index (κ2) is 8.58. The maximum absolute atomic E-state index is 5.67. The Labute approximate surface area is 109 Å². The molecular formula is C12H11Cl2NRu. The molecule has 0 aliphatic carbocycles. The van der Waals surface area contributed by atoms with Crippen LogP contribution >= 0.6 is 19.4 Å². The summed E-state index contributed by atoms with van der Waals surface area (Å²) in [4.78, 5) is 3.78. The van der Waals surface area contributed by atoms with Crippen LogP contribution in [-0.4, -0.2) is 9.59 Å². The Morgan fingerprint density at radius 2 is 1.44 bits per heavy atom. The smallest absolute Gasteiger partial charge is 0.0267 e. The summed E-state index contributed by atoms with van der Waals surface area (Å²) in [6.07, 6.45) is 3.50. The molecule has 1 aromatic carbocycles. The van der Waals surface area contributed by atoms with Gasteiger partial charge in [-0.3, -0.25) is 4.98 Å². The molecule has 0 spiro atoms. The van der Waals surface area contributed by atoms with Gasteiger partial charge in [-0.2, -0.15) is 0 Å². The third kappa shape index (κ3) is 6.84. The molecule has 2 rings (SSSR count). The number of pyridine rings is 1. The number of aromatic nitrogens is 1. The maximum Gasteiger partial charge on any atom is 0.0267 e. The SMILES string of the molecule is [Cl][Ru]([Cl])=[CH]c1ccccc1.c1ccncc1. The van der Waals surface area contributed by atoms with Crippen molar-refractivity contribution in [2.24, 2.45) is 0 Å². The summed E-state index contributed by atoms with van der Waals surface area (Å²) in [7, 11) is 11.3. The van der Waals surface area contributed by atoms with Crippen molar-refractivity contribution in [3.63, 3.8) is 0 Å². The molecule has 0 unspecified atom stereocenters. The van der Waals surface area contributed by atoms with E-state index in [-0.39, 0.29) is 0 Å². The first kappa shape index (κ1) is 13.5. The second-order valence-corrected chi connectivity index (χ2v) is 8.47. The predicted octanol–water partition coefficient (Wildman–Crippen LogP) is 3.84. The van der Waals surface area contributed by atoms with Gasteiger partial charge in [-0.05, 0) is 12.1 Å². The molecule has 2 aromatic rings. The van der Waals surface area contributed by atoms with E-state index in [0.29, 0.717) is 0 Å². The van der Waals surface area contributed by atoms with Crippen molar-refractivity contribution in [1.29, 1.82) is 0 Å². The van der Waals surface area contributed by atoms with Crippen molar-refractivity contribution in [3.8, 4) is 0 Å². The van der Waals surface area contributed by atoms with Gasteiger partial charge in [0.05, 0.1) is 0 Å². The van der Waals surface area contributed by atoms with Gasteiger partial charge in [0.1, 0.15) is 0 Å². The van der Waals surface area contributed by atoms with Crippen LogP contribution in [-0.2, 0) is 13.5 Å². The molecule has 0 fully saturated rings. The number of halogens is 2. The molecule has 0 aliphatic heterocycles. The Morgan fingerprint density at radius 3 is 1.81 bits per heavy atom. The van der Waals surface area contributed by atoms with Gasteiger partial charge in [-0.15, -0.1) is 0 Å². The quantitative estimate of drug-likeness (QED) is 0.718. The van der Waals surface area contributed by atoms with Crippen LogP contribution in [0.1, 0.15) is 5.56 Å². The molecule has 0 aliphatic rings. The largest absolute Gasteiger partial charge is 0.265 e. The minimum absolute atomic E-state index is 1.12. The molecule has 4 heteroatoms. The second-order valence-electron chi connectivity index (χ2n) is 2.74. The van der Waals surface area contributed by atoms with E-state index in [9.17, 15) is 0 Å². The summed E-state index contributed by atoms with van der Waals surface area (Å²) >= 11 is -1.61. The standard InChI is InChI=1S/C7H6.C5H5N.2ClH.Ru/c1-7-5-3-2-4-6-7;1-2-4-6-5-3-1;;;/h1-6H;1-5H;2*1H;/q;;;;+2/p-2. The molecule has 0 saturated heterocycles. The van der Waals surface area contributed by atoms with Crippen LogP contribution in [0.15, 0.2) is 60.9 Å². The number of rotatable bonds is 1. The first-order valence-electron chi connectivity index (χ1n) is 4.52. The maximum atomic E-state index is 5.67. The minimum Gasteiger partial charge on any atom is -0.265 e. The third-order valence-corrected chi connectivity index (χ3v) is 3.43. The molecule has 16 heavy (non-hydrogen) atoms. The van der Waals surface area contributed by atoms with Crippen LogP contribution in [0.5, 0.6) is 0 Å². The van der Waals surface area contributed by atoms with Crippen molar-refractivity contribution in [1.82, 2.24) is 4.98 Å². The van der Waals surface area contributed by atoms with Crippen molar-refractivity contribution >= 4 is 24.0 Å². The van der Waals surface area contributed by atoms with Gasteiger partial charge in [0.2, 0.25) is 0 Å². The van der Waals surface area contributed by atoms with E-state index in [0.717, 1.165) is 5.56 Å². The van der Waals surface area contributed by atoms with Crippen LogP contribution in [0.25, 0.3) is 0 Å². The van der Waals surface area contributed by atoms with Crippen molar-refractivity contribution in [2.75, 3.05) is 0 Å². The molecule has 0 N–H and O–H groups in total. The van der Waals surface area contributed by atoms with Crippen LogP contribution in [0.2, 0.25) is 0 Å². The third-order valence-electron chi connectivity index (χ3n) is 1.56. The molecule has 1 nitrogen and oxygen atoms in total. The molecule has 0 bridgehead atoms. The van der Waals surface area contributed by atoms with Crippen LogP contribution in [0, 0.1) is 0 Å². The normalized spacial score (nSPS) is 9.75. The zero-order valence-electron chi connectivity index (χ0n) is 8.41. The zero-order chi connectivity index (χ0) is 11.6. The van der Waals surface area contributed by atoms with Gasteiger partial charge in [-0.25, -0.2) is 0 Å². The van der Waals surface area contributed by atoms with Crippen molar-refractivity contribution in [3.05, 3.63) is 66.5 Å². The fraction of sp³-hybridized carbons (Fsp3) is 0. The number of nitrogens with zero attached hydrogens (tertiary/aromatic N) is 1. The van der Waals surface area contributed by atoms with E-state index in [1.165, 1.54) is 0 Å². The molecule has 1 heterocycles. The van der Waals surface area contributed by atoms with Gasteiger partial charge >= 0.3 is 73.4 Å². The van der Waals surface area contributed by atoms with Gasteiger partial charge in [0, 0.05) is 12.4 Å². The molecule has 0 radical (unpaired) electrons. The summed E-state index contributed by atoms with van der Waals surface area (Å²) in [6, 6.07) is 15.6. The van der Waals surface area contributed by atoms with Crippen LogP contribution in [0.3, 0.4) is 0 Å². The summed E-state index contributed by atoms with van der Waals surface area (Å²) in [6.45, 7) is 0. The van der Waals surface area contributed by atoms with Crippen LogP contribution in [0.4, 0.5) is 0 Å². The number of benzene rings is 1. The van der Waals surface area contributed by atoms with E-state index in [4.69, 9.17) is 19.4 Å². The summed E-state index contributed by atoms with van der Waals surface area (Å²) in [5, 5.41) is 0. The summed E-state index contributed by atoms with van der Waals surface area (Å²) < 4.78 is 1.92. The molecule has 0 saturated carbocycles. The fourth-order valence-corrected chi connectivity index (χ4v) is 2.75. The monoisotopic (exact) mass is 341 g/mol. The fourth-order valence-electron chi connectivity index (χ4n) is 0.923. The summed E-state index contributed by atoms with van der Waals surface area (Å²) in [5.74, 6) is 0. The van der Waals surface area contributed by atoms with Gasteiger partial charge < -0.3 is 0 Å². The van der Waals surface area contributed by atoms with E-state index in [1.54, 1.807) is 12.4 Å². The minimum atomic E-state index is -1.61. The molecule has 0 atom stereocenters. The Hall–Kier alpha value is -0.557. The first-order valence-corrected chi connectivity index (χ1v) is 10.0. The van der Waals surface area contributed by atoms with Gasteiger partial charge in [-0.1, -0.05) is 6.07 Å². The van der Waals surface area contributed by atoms with Crippen LogP contribution < -0.4 is 0 Å². The summed E-state index contributed by atoms with van der Waals surface area (Å²) in [5.41, 5.74) is 1.12. The Morgan fingerprint density at radius 1 is 0.875 bits per heavy atom. The van der Waals surface area contributed by atoms with E-state index >= 15 is 0 Å². The molecule has 86 valence electrons. The Bertz CT molecular complexity index is 387. The first-order chi connectivity index (χ1) is 7.79. The van der Waals surface area contributed by atoms with E-state index in [2.05, 4.69) is 4.98 Å². The van der Waals surface area contributed by atoms with E-state index in [1.807, 2.05) is 53.1 Å². The van der Waals surface area contributed by atoms with Gasteiger partial charge in [0.25, 0.3) is 0 Å². The average Bonchev–Trinajstić information content (AvgIpc) is 2.32. The Balaban J connectivity index is 0.000000181. The Kier molecular flexibility index (Phi) is 7.24. The van der Waals surface area contributed by atoms with Crippen molar-refractivity contribution < 1.29 is 13.5 Å². The molecule has 0 amide bonds. The average molecular weight is 341 g/mol. The molecular weight excluding hydrogens is 330 g/mol.